The highest BCUT2D eigenvalue weighted by Gasteiger charge is 2.26. The highest BCUT2D eigenvalue weighted by atomic mass is 16.6. The average Bonchev–Trinajstić information content (AvgIpc) is 2.36. The van der Waals surface area contributed by atoms with E-state index in [4.69, 9.17) is 5.73 Å². The number of aliphatic hydroxyl groups is 2. The minimum atomic E-state index is -1.45. The molecule has 0 saturated heterocycles. The Hall–Kier alpha value is -2.19. The van der Waals surface area contributed by atoms with Crippen LogP contribution in [-0.4, -0.2) is 33.7 Å². The van der Waals surface area contributed by atoms with E-state index in [0.717, 1.165) is 0 Å². The van der Waals surface area contributed by atoms with E-state index in [2.05, 4.69) is 5.32 Å². The minimum Gasteiger partial charge on any atom is -0.399 e. The second-order valence-corrected chi connectivity index (χ2v) is 4.36. The monoisotopic (exact) mass is 283 g/mol. The van der Waals surface area contributed by atoms with E-state index < -0.39 is 17.1 Å². The summed E-state index contributed by atoms with van der Waals surface area (Å²) in [4.78, 5) is 20.9. The molecule has 0 aliphatic heterocycles. The van der Waals surface area contributed by atoms with Gasteiger partial charge < -0.3 is 21.3 Å². The molecule has 0 aliphatic rings. The van der Waals surface area contributed by atoms with Crippen molar-refractivity contribution in [1.82, 2.24) is 5.32 Å². The average molecular weight is 283 g/mol. The summed E-state index contributed by atoms with van der Waals surface area (Å²) in [7, 11) is 0. The highest BCUT2D eigenvalue weighted by molar-refractivity contribution is 5.72. The van der Waals surface area contributed by atoms with Crippen LogP contribution in [0.25, 0.3) is 0 Å². The van der Waals surface area contributed by atoms with E-state index >= 15 is 0 Å². The van der Waals surface area contributed by atoms with Gasteiger partial charge in [-0.1, -0.05) is 0 Å². The van der Waals surface area contributed by atoms with E-state index in [1.165, 1.54) is 25.1 Å². The molecule has 2 unspecified atom stereocenters. The summed E-state index contributed by atoms with van der Waals surface area (Å²) in [5, 5.41) is 33.1. The smallest absolute Gasteiger partial charge is 0.275 e. The minimum absolute atomic E-state index is 0.0506. The predicted octanol–water partition coefficient (Wildman–Crippen LogP) is 0.0975. The van der Waals surface area contributed by atoms with Crippen LogP contribution >= 0.6 is 0 Å². The van der Waals surface area contributed by atoms with Crippen molar-refractivity contribution in [2.75, 3.05) is 12.3 Å². The lowest BCUT2D eigenvalue weighted by Crippen LogP contribution is -2.28. The molecule has 0 aromatic heterocycles. The Morgan fingerprint density at radius 2 is 2.15 bits per heavy atom. The topological polar surface area (TPSA) is 139 Å². The van der Waals surface area contributed by atoms with Gasteiger partial charge >= 0.3 is 0 Å². The molecule has 0 spiro atoms. The van der Waals surface area contributed by atoms with Crippen molar-refractivity contribution in [3.8, 4) is 0 Å². The first-order valence-electron chi connectivity index (χ1n) is 5.97. The quantitative estimate of drug-likeness (QED) is 0.331. The zero-order chi connectivity index (χ0) is 15.3. The number of amides is 1. The van der Waals surface area contributed by atoms with E-state index in [0.29, 0.717) is 0 Å². The van der Waals surface area contributed by atoms with E-state index in [1.807, 2.05) is 0 Å². The number of hydrogen-bond donors (Lipinski definition) is 4. The van der Waals surface area contributed by atoms with Gasteiger partial charge in [-0.15, -0.1) is 0 Å². The highest BCUT2D eigenvalue weighted by Crippen LogP contribution is 2.29. The van der Waals surface area contributed by atoms with Crippen molar-refractivity contribution in [2.45, 2.75) is 25.6 Å². The zero-order valence-corrected chi connectivity index (χ0v) is 10.9. The maximum Gasteiger partial charge on any atom is 0.275 e. The first-order valence-corrected chi connectivity index (χ1v) is 5.97. The molecule has 0 radical (unpaired) electrons. The summed E-state index contributed by atoms with van der Waals surface area (Å²) in [6.07, 6.45) is -2.64. The van der Waals surface area contributed by atoms with Gasteiger partial charge in [0.05, 0.1) is 16.6 Å². The molecule has 1 aromatic rings. The Balaban J connectivity index is 2.84. The second kappa shape index (κ2) is 6.83. The van der Waals surface area contributed by atoms with Crippen LogP contribution in [0.2, 0.25) is 0 Å². The van der Waals surface area contributed by atoms with Gasteiger partial charge in [-0.3, -0.25) is 14.9 Å². The number of nitro benzene ring substituents is 1. The molecule has 0 fully saturated rings. The number of hydrogen-bond acceptors (Lipinski definition) is 6. The van der Waals surface area contributed by atoms with Crippen molar-refractivity contribution >= 4 is 17.3 Å². The maximum absolute atomic E-state index is 10.9. The first kappa shape index (κ1) is 15.9. The van der Waals surface area contributed by atoms with Crippen LogP contribution in [0.3, 0.4) is 0 Å². The predicted molar refractivity (Wildman–Crippen MR) is 71.8 cm³/mol. The molecule has 0 heterocycles. The standard InChI is InChI=1S/C12H17N3O5/c1-7(16)14-5-4-11(17)12(18)9-6-8(13)2-3-10(9)15(19)20/h2-3,6,11-12,17-18H,4-5,13H2,1H3,(H,14,16). The maximum atomic E-state index is 10.9. The number of anilines is 1. The Morgan fingerprint density at radius 3 is 2.70 bits per heavy atom. The van der Waals surface area contributed by atoms with Crippen molar-refractivity contribution in [1.29, 1.82) is 0 Å². The van der Waals surface area contributed by atoms with Crippen molar-refractivity contribution < 1.29 is 19.9 Å². The second-order valence-electron chi connectivity index (χ2n) is 4.36. The molecule has 1 amide bonds. The number of rotatable bonds is 6. The Kier molecular flexibility index (Phi) is 5.42. The summed E-state index contributed by atoms with van der Waals surface area (Å²) < 4.78 is 0. The third-order valence-corrected chi connectivity index (χ3v) is 2.75. The fraction of sp³-hybridized carbons (Fsp3) is 0.417. The molecule has 0 bridgehead atoms. The number of benzene rings is 1. The Bertz CT molecular complexity index is 506. The van der Waals surface area contributed by atoms with Crippen LogP contribution in [0.4, 0.5) is 11.4 Å². The van der Waals surface area contributed by atoms with Crippen LogP contribution in [0, 0.1) is 10.1 Å². The summed E-state index contributed by atoms with van der Waals surface area (Å²) in [6.45, 7) is 1.48. The van der Waals surface area contributed by atoms with E-state index in [-0.39, 0.29) is 35.8 Å². The van der Waals surface area contributed by atoms with Gasteiger partial charge in [0.15, 0.2) is 0 Å². The number of aliphatic hydroxyl groups excluding tert-OH is 2. The fourth-order valence-corrected chi connectivity index (χ4v) is 1.74. The molecule has 1 rings (SSSR count). The molecule has 1 aromatic carbocycles. The van der Waals surface area contributed by atoms with Gasteiger partial charge in [0.1, 0.15) is 6.10 Å². The van der Waals surface area contributed by atoms with Crippen LogP contribution in [0.15, 0.2) is 18.2 Å². The molecule has 110 valence electrons. The molecular weight excluding hydrogens is 266 g/mol. The Labute approximate surface area is 115 Å². The SMILES string of the molecule is CC(=O)NCCC(O)C(O)c1cc(N)ccc1[N+](=O)[O-]. The van der Waals surface area contributed by atoms with E-state index in [9.17, 15) is 25.1 Å². The van der Waals surface area contributed by atoms with Crippen LogP contribution in [-0.2, 0) is 4.79 Å². The van der Waals surface area contributed by atoms with Crippen LogP contribution in [0.5, 0.6) is 0 Å². The lowest BCUT2D eigenvalue weighted by atomic mass is 10.00. The molecule has 5 N–H and O–H groups in total. The molecule has 20 heavy (non-hydrogen) atoms. The number of carbonyl (C=O) groups excluding carboxylic acids is 1. The van der Waals surface area contributed by atoms with Crippen molar-refractivity contribution in [3.63, 3.8) is 0 Å². The van der Waals surface area contributed by atoms with Gasteiger partial charge in [-0.2, -0.15) is 0 Å². The number of nitrogens with two attached hydrogens (primary N) is 1. The largest absolute Gasteiger partial charge is 0.399 e. The number of carbonyl (C=O) groups is 1. The van der Waals surface area contributed by atoms with Gasteiger partial charge in [-0.25, -0.2) is 0 Å². The van der Waals surface area contributed by atoms with Crippen molar-refractivity contribution in [3.05, 3.63) is 33.9 Å². The molecule has 8 nitrogen and oxygen atoms in total. The van der Waals surface area contributed by atoms with Crippen molar-refractivity contribution in [2.24, 2.45) is 0 Å². The molecule has 0 aliphatic carbocycles. The normalized spacial score (nSPS) is 13.6. The third kappa shape index (κ3) is 4.18. The Morgan fingerprint density at radius 1 is 1.50 bits per heavy atom. The summed E-state index contributed by atoms with van der Waals surface area (Å²) in [5.41, 5.74) is 5.42. The zero-order valence-electron chi connectivity index (χ0n) is 10.9. The first-order chi connectivity index (χ1) is 9.32. The van der Waals surface area contributed by atoms with Crippen LogP contribution < -0.4 is 11.1 Å². The number of nitro groups is 1. The lowest BCUT2D eigenvalue weighted by Gasteiger charge is -2.18. The number of nitrogens with zero attached hydrogens (tertiary/aromatic N) is 1. The van der Waals surface area contributed by atoms with Gasteiger partial charge in [-0.05, 0) is 18.6 Å². The van der Waals surface area contributed by atoms with Gasteiger partial charge in [0.25, 0.3) is 5.69 Å². The third-order valence-electron chi connectivity index (χ3n) is 2.75. The van der Waals surface area contributed by atoms with E-state index in [1.54, 1.807) is 0 Å². The number of nitrogens with one attached hydrogen (secondary N) is 1. The molecule has 0 saturated carbocycles. The summed E-state index contributed by atoms with van der Waals surface area (Å²) >= 11 is 0. The summed E-state index contributed by atoms with van der Waals surface area (Å²) in [6, 6.07) is 3.77. The number of nitrogen functional groups attached to an aromatic ring is 1. The van der Waals surface area contributed by atoms with Crippen LogP contribution in [0.1, 0.15) is 25.0 Å². The molecular formula is C12H17N3O5. The molecule has 8 heteroatoms. The van der Waals surface area contributed by atoms with Gasteiger partial charge in [0.2, 0.25) is 5.91 Å². The fourth-order valence-electron chi connectivity index (χ4n) is 1.74. The summed E-state index contributed by atoms with van der Waals surface area (Å²) in [5.74, 6) is -0.262. The van der Waals surface area contributed by atoms with Gasteiger partial charge in [0, 0.05) is 25.2 Å². The molecule has 2 atom stereocenters. The lowest BCUT2D eigenvalue weighted by molar-refractivity contribution is -0.386.